The van der Waals surface area contributed by atoms with Gasteiger partial charge >= 0.3 is 5.69 Å². The highest BCUT2D eigenvalue weighted by molar-refractivity contribution is 7.99. The van der Waals surface area contributed by atoms with Crippen LogP contribution in [0.15, 0.2) is 88.8 Å². The predicted molar refractivity (Wildman–Crippen MR) is 126 cm³/mol. The second-order valence-corrected chi connectivity index (χ2v) is 8.14. The average molecular weight is 467 g/mol. The Morgan fingerprint density at radius 2 is 1.75 bits per heavy atom. The SMILES string of the molecule is O=C(CSc1n[nH]c(=O)n1-c1ccc(OCc2ccccc2)cc1)Nc1ccc(Cl)cc1. The number of nitrogens with zero attached hydrogens (tertiary/aromatic N) is 2. The van der Waals surface area contributed by atoms with Crippen LogP contribution >= 0.6 is 23.4 Å². The van der Waals surface area contributed by atoms with E-state index in [0.717, 1.165) is 17.3 Å². The molecule has 9 heteroatoms. The summed E-state index contributed by atoms with van der Waals surface area (Å²) in [6, 6.07) is 23.8. The number of thioether (sulfide) groups is 1. The van der Waals surface area contributed by atoms with Gasteiger partial charge in [-0.3, -0.25) is 4.79 Å². The number of carbonyl (C=O) groups excluding carboxylic acids is 1. The predicted octanol–water partition coefficient (Wildman–Crippen LogP) is 4.52. The smallest absolute Gasteiger partial charge is 0.348 e. The zero-order valence-corrected chi connectivity index (χ0v) is 18.4. The molecule has 1 aromatic heterocycles. The van der Waals surface area contributed by atoms with E-state index < -0.39 is 0 Å². The monoisotopic (exact) mass is 466 g/mol. The van der Waals surface area contributed by atoms with E-state index in [1.54, 1.807) is 48.5 Å². The third kappa shape index (κ3) is 5.60. The summed E-state index contributed by atoms with van der Waals surface area (Å²) in [6.07, 6.45) is 0. The van der Waals surface area contributed by atoms with Gasteiger partial charge in [-0.15, -0.1) is 5.10 Å². The standard InChI is InChI=1S/C23H19ClN4O3S/c24-17-6-8-18(9-7-17)25-21(29)15-32-23-27-26-22(30)28(23)19-10-12-20(13-11-19)31-14-16-4-2-1-3-5-16/h1-13H,14-15H2,(H,25,29)(H,26,30). The number of H-pyrrole nitrogens is 1. The number of nitrogens with one attached hydrogen (secondary N) is 2. The van der Waals surface area contributed by atoms with Gasteiger partial charge in [0.15, 0.2) is 5.16 Å². The molecule has 1 amide bonds. The lowest BCUT2D eigenvalue weighted by atomic mass is 10.2. The van der Waals surface area contributed by atoms with Crippen molar-refractivity contribution < 1.29 is 9.53 Å². The number of carbonyl (C=O) groups is 1. The summed E-state index contributed by atoms with van der Waals surface area (Å²) in [5.74, 6) is 0.556. The summed E-state index contributed by atoms with van der Waals surface area (Å²) in [5, 5.41) is 10.2. The molecule has 0 saturated carbocycles. The van der Waals surface area contributed by atoms with Crippen LogP contribution in [-0.4, -0.2) is 26.4 Å². The van der Waals surface area contributed by atoms with Gasteiger partial charge < -0.3 is 10.1 Å². The topological polar surface area (TPSA) is 89.0 Å². The Morgan fingerprint density at radius 3 is 2.47 bits per heavy atom. The highest BCUT2D eigenvalue weighted by atomic mass is 35.5. The van der Waals surface area contributed by atoms with E-state index in [9.17, 15) is 9.59 Å². The summed E-state index contributed by atoms with van der Waals surface area (Å²) in [4.78, 5) is 24.5. The van der Waals surface area contributed by atoms with Gasteiger partial charge in [0, 0.05) is 10.7 Å². The fourth-order valence-corrected chi connectivity index (χ4v) is 3.79. The van der Waals surface area contributed by atoms with Crippen molar-refractivity contribution in [3.63, 3.8) is 0 Å². The van der Waals surface area contributed by atoms with Crippen LogP contribution in [0, 0.1) is 0 Å². The molecule has 32 heavy (non-hydrogen) atoms. The van der Waals surface area contributed by atoms with Crippen LogP contribution in [0.3, 0.4) is 0 Å². The Morgan fingerprint density at radius 1 is 1.03 bits per heavy atom. The summed E-state index contributed by atoms with van der Waals surface area (Å²) in [6.45, 7) is 0.454. The van der Waals surface area contributed by atoms with E-state index in [-0.39, 0.29) is 17.3 Å². The van der Waals surface area contributed by atoms with Gasteiger partial charge in [-0.25, -0.2) is 14.5 Å². The van der Waals surface area contributed by atoms with Gasteiger partial charge in [0.05, 0.1) is 11.4 Å². The van der Waals surface area contributed by atoms with Gasteiger partial charge in [-0.1, -0.05) is 53.7 Å². The number of amides is 1. The average Bonchev–Trinajstić information content (AvgIpc) is 3.19. The lowest BCUT2D eigenvalue weighted by molar-refractivity contribution is -0.113. The van der Waals surface area contributed by atoms with Gasteiger partial charge in [0.1, 0.15) is 12.4 Å². The number of halogens is 1. The lowest BCUT2D eigenvalue weighted by Crippen LogP contribution is -2.17. The van der Waals surface area contributed by atoms with E-state index in [0.29, 0.717) is 33.9 Å². The first-order valence-electron chi connectivity index (χ1n) is 9.71. The molecule has 0 bridgehead atoms. The first-order chi connectivity index (χ1) is 15.6. The maximum absolute atomic E-state index is 12.3. The van der Waals surface area contributed by atoms with Crippen LogP contribution in [-0.2, 0) is 11.4 Å². The number of benzene rings is 3. The first kappa shape index (κ1) is 21.7. The van der Waals surface area contributed by atoms with Crippen LogP contribution in [0.4, 0.5) is 5.69 Å². The quantitative estimate of drug-likeness (QED) is 0.372. The van der Waals surface area contributed by atoms with Crippen molar-refractivity contribution in [1.29, 1.82) is 0 Å². The number of anilines is 1. The maximum Gasteiger partial charge on any atom is 0.348 e. The molecule has 0 spiro atoms. The number of rotatable bonds is 8. The second kappa shape index (κ2) is 10.2. The van der Waals surface area contributed by atoms with Gasteiger partial charge in [0.25, 0.3) is 0 Å². The van der Waals surface area contributed by atoms with Crippen molar-refractivity contribution >= 4 is 35.0 Å². The molecule has 2 N–H and O–H groups in total. The van der Waals surface area contributed by atoms with E-state index in [2.05, 4.69) is 15.5 Å². The van der Waals surface area contributed by atoms with Gasteiger partial charge in [-0.05, 0) is 54.1 Å². The summed E-state index contributed by atoms with van der Waals surface area (Å²) in [7, 11) is 0. The molecule has 0 aliphatic carbocycles. The Hall–Kier alpha value is -3.49. The Labute approximate surface area is 193 Å². The van der Waals surface area contributed by atoms with E-state index in [1.165, 1.54) is 4.57 Å². The summed E-state index contributed by atoms with van der Waals surface area (Å²) < 4.78 is 7.21. The minimum absolute atomic E-state index is 0.0885. The van der Waals surface area contributed by atoms with Crippen LogP contribution in [0.1, 0.15) is 5.56 Å². The largest absolute Gasteiger partial charge is 0.489 e. The fourth-order valence-electron chi connectivity index (χ4n) is 2.90. The molecule has 162 valence electrons. The molecule has 0 unspecified atom stereocenters. The Balaban J connectivity index is 1.39. The molecular formula is C23H19ClN4O3S. The minimum atomic E-state index is -0.386. The second-order valence-electron chi connectivity index (χ2n) is 6.76. The third-order valence-corrected chi connectivity index (χ3v) is 5.64. The van der Waals surface area contributed by atoms with Crippen LogP contribution in [0.2, 0.25) is 5.02 Å². The molecule has 0 aliphatic heterocycles. The molecule has 7 nitrogen and oxygen atoms in total. The molecule has 0 aliphatic rings. The summed E-state index contributed by atoms with van der Waals surface area (Å²) >= 11 is 7.01. The number of aromatic amines is 1. The minimum Gasteiger partial charge on any atom is -0.489 e. The van der Waals surface area contributed by atoms with Crippen LogP contribution in [0.5, 0.6) is 5.75 Å². The summed E-state index contributed by atoms with van der Waals surface area (Å²) in [5.41, 5.74) is 1.95. The fraction of sp³-hybridized carbons (Fsp3) is 0.0870. The molecule has 4 aromatic rings. The highest BCUT2D eigenvalue weighted by Crippen LogP contribution is 2.21. The van der Waals surface area contributed by atoms with Crippen molar-refractivity contribution in [1.82, 2.24) is 14.8 Å². The molecule has 4 rings (SSSR count). The molecule has 0 atom stereocenters. The Kier molecular flexibility index (Phi) is 6.94. The molecule has 0 fully saturated rings. The first-order valence-corrected chi connectivity index (χ1v) is 11.1. The van der Waals surface area contributed by atoms with Crippen molar-refractivity contribution in [3.8, 4) is 11.4 Å². The highest BCUT2D eigenvalue weighted by Gasteiger charge is 2.13. The normalized spacial score (nSPS) is 10.7. The third-order valence-electron chi connectivity index (χ3n) is 4.45. The van der Waals surface area contributed by atoms with Crippen LogP contribution < -0.4 is 15.7 Å². The number of hydrogen-bond acceptors (Lipinski definition) is 5. The van der Waals surface area contributed by atoms with Gasteiger partial charge in [-0.2, -0.15) is 0 Å². The molecule has 3 aromatic carbocycles. The number of aromatic nitrogens is 3. The molecule has 0 radical (unpaired) electrons. The number of hydrogen-bond donors (Lipinski definition) is 2. The lowest BCUT2D eigenvalue weighted by Gasteiger charge is -2.09. The van der Waals surface area contributed by atoms with Crippen molar-refractivity contribution in [3.05, 3.63) is 99.9 Å². The zero-order chi connectivity index (χ0) is 22.3. The van der Waals surface area contributed by atoms with E-state index in [1.807, 2.05) is 30.3 Å². The van der Waals surface area contributed by atoms with Crippen molar-refractivity contribution in [2.45, 2.75) is 11.8 Å². The molecular weight excluding hydrogens is 448 g/mol. The van der Waals surface area contributed by atoms with E-state index in [4.69, 9.17) is 16.3 Å². The van der Waals surface area contributed by atoms with Crippen molar-refractivity contribution in [2.75, 3.05) is 11.1 Å². The number of ether oxygens (including phenoxy) is 1. The maximum atomic E-state index is 12.3. The van der Waals surface area contributed by atoms with Crippen LogP contribution in [0.25, 0.3) is 5.69 Å². The zero-order valence-electron chi connectivity index (χ0n) is 16.8. The van der Waals surface area contributed by atoms with E-state index >= 15 is 0 Å². The Bertz CT molecular complexity index is 1240. The van der Waals surface area contributed by atoms with Gasteiger partial charge in [0.2, 0.25) is 5.91 Å². The molecule has 0 saturated heterocycles. The van der Waals surface area contributed by atoms with Crippen molar-refractivity contribution in [2.24, 2.45) is 0 Å². The molecule has 1 heterocycles.